The molecule has 2 aromatic carbocycles. The van der Waals surface area contributed by atoms with Crippen molar-refractivity contribution in [2.75, 3.05) is 5.32 Å². The average molecular weight is 278 g/mol. The lowest BCUT2D eigenvalue weighted by molar-refractivity contribution is 1.06. The van der Waals surface area contributed by atoms with Crippen LogP contribution in [0, 0.1) is 0 Å². The summed E-state index contributed by atoms with van der Waals surface area (Å²) in [6.07, 6.45) is 0.706. The quantitative estimate of drug-likeness (QED) is 0.764. The fourth-order valence-corrected chi connectivity index (χ4v) is 2.61. The van der Waals surface area contributed by atoms with Crippen LogP contribution in [0.15, 0.2) is 59.4 Å². The van der Waals surface area contributed by atoms with Crippen molar-refractivity contribution in [1.29, 1.82) is 0 Å². The molecule has 1 aromatic heterocycles. The van der Waals surface area contributed by atoms with E-state index in [1.807, 2.05) is 49.4 Å². The maximum atomic E-state index is 12.2. The van der Waals surface area contributed by atoms with Crippen molar-refractivity contribution in [3.05, 3.63) is 76.1 Å². The molecule has 0 amide bonds. The molecule has 0 unspecified atom stereocenters. The summed E-state index contributed by atoms with van der Waals surface area (Å²) in [7, 11) is 0. The number of fused-ring (bicyclic) bond motifs is 1. The van der Waals surface area contributed by atoms with Crippen LogP contribution in [0.4, 0.5) is 5.69 Å². The molecule has 0 aliphatic heterocycles. The molecule has 0 aliphatic rings. The normalized spacial score (nSPS) is 10.7. The smallest absolute Gasteiger partial charge is 0.253 e. The number of rotatable bonds is 4. The summed E-state index contributed by atoms with van der Waals surface area (Å²) >= 11 is 0. The van der Waals surface area contributed by atoms with Crippen LogP contribution < -0.4 is 10.9 Å². The third-order valence-electron chi connectivity index (χ3n) is 3.69. The Kier molecular flexibility index (Phi) is 3.73. The molecule has 0 saturated heterocycles. The lowest BCUT2D eigenvalue weighted by Gasteiger charge is -2.13. The molecule has 21 heavy (non-hydrogen) atoms. The number of anilines is 1. The molecule has 0 saturated carbocycles. The summed E-state index contributed by atoms with van der Waals surface area (Å²) in [5.41, 5.74) is 3.82. The number of aromatic nitrogens is 1. The highest BCUT2D eigenvalue weighted by atomic mass is 16.1. The maximum absolute atomic E-state index is 12.2. The van der Waals surface area contributed by atoms with Gasteiger partial charge in [-0.25, -0.2) is 0 Å². The lowest BCUT2D eigenvalue weighted by Crippen LogP contribution is -2.16. The summed E-state index contributed by atoms with van der Waals surface area (Å²) < 4.78 is 0. The van der Waals surface area contributed by atoms with Gasteiger partial charge < -0.3 is 10.3 Å². The molecule has 2 N–H and O–H groups in total. The second-order valence-electron chi connectivity index (χ2n) is 5.05. The second-order valence-corrected chi connectivity index (χ2v) is 5.05. The minimum atomic E-state index is -0.00763. The van der Waals surface area contributed by atoms with Gasteiger partial charge >= 0.3 is 0 Å². The van der Waals surface area contributed by atoms with Gasteiger partial charge in [-0.3, -0.25) is 4.79 Å². The highest BCUT2D eigenvalue weighted by Gasteiger charge is 2.10. The van der Waals surface area contributed by atoms with Gasteiger partial charge in [0, 0.05) is 17.5 Å². The zero-order chi connectivity index (χ0) is 14.7. The Labute approximate surface area is 123 Å². The number of nitrogens with one attached hydrogen (secondary N) is 2. The number of para-hydroxylation sites is 1. The number of hydrogen-bond acceptors (Lipinski definition) is 2. The van der Waals surface area contributed by atoms with Gasteiger partial charge in [-0.15, -0.1) is 0 Å². The third-order valence-corrected chi connectivity index (χ3v) is 3.69. The SMILES string of the molecule is CCc1c(NCc2ccccc2)c2ccccc2[nH]c1=O. The Morgan fingerprint density at radius 3 is 2.48 bits per heavy atom. The Morgan fingerprint density at radius 1 is 1.00 bits per heavy atom. The summed E-state index contributed by atoms with van der Waals surface area (Å²) in [6, 6.07) is 18.1. The first-order chi connectivity index (χ1) is 10.3. The molecule has 0 spiro atoms. The Morgan fingerprint density at radius 2 is 1.71 bits per heavy atom. The van der Waals surface area contributed by atoms with Crippen LogP contribution in [0.1, 0.15) is 18.1 Å². The van der Waals surface area contributed by atoms with Crippen LogP contribution in [0.25, 0.3) is 10.9 Å². The van der Waals surface area contributed by atoms with E-state index in [1.165, 1.54) is 5.56 Å². The van der Waals surface area contributed by atoms with Gasteiger partial charge in [0.05, 0.1) is 11.2 Å². The van der Waals surface area contributed by atoms with E-state index in [9.17, 15) is 4.79 Å². The minimum Gasteiger partial charge on any atom is -0.380 e. The van der Waals surface area contributed by atoms with Crippen LogP contribution >= 0.6 is 0 Å². The standard InChI is InChI=1S/C18H18N2O/c1-2-14-17(19-12-13-8-4-3-5-9-13)15-10-6-7-11-16(15)20-18(14)21/h3-11H,2,12H2,1H3,(H2,19,20,21). The molecule has 0 radical (unpaired) electrons. The molecule has 3 rings (SSSR count). The molecule has 1 heterocycles. The topological polar surface area (TPSA) is 44.9 Å². The summed E-state index contributed by atoms with van der Waals surface area (Å²) in [6.45, 7) is 2.72. The molecule has 0 atom stereocenters. The second kappa shape index (κ2) is 5.83. The predicted molar refractivity (Wildman–Crippen MR) is 87.7 cm³/mol. The lowest BCUT2D eigenvalue weighted by atomic mass is 10.1. The van der Waals surface area contributed by atoms with Crippen molar-refractivity contribution in [3.63, 3.8) is 0 Å². The van der Waals surface area contributed by atoms with E-state index in [-0.39, 0.29) is 5.56 Å². The van der Waals surface area contributed by atoms with Gasteiger partial charge in [0.25, 0.3) is 5.56 Å². The van der Waals surface area contributed by atoms with Crippen molar-refractivity contribution in [2.24, 2.45) is 0 Å². The third kappa shape index (κ3) is 2.68. The molecular weight excluding hydrogens is 260 g/mol. The van der Waals surface area contributed by atoms with Crippen molar-refractivity contribution in [1.82, 2.24) is 4.98 Å². The summed E-state index contributed by atoms with van der Waals surface area (Å²) in [4.78, 5) is 15.2. The zero-order valence-corrected chi connectivity index (χ0v) is 12.0. The van der Waals surface area contributed by atoms with Crippen molar-refractivity contribution in [3.8, 4) is 0 Å². The fraction of sp³-hybridized carbons (Fsp3) is 0.167. The van der Waals surface area contributed by atoms with Crippen molar-refractivity contribution in [2.45, 2.75) is 19.9 Å². The molecular formula is C18H18N2O. The van der Waals surface area contributed by atoms with Gasteiger partial charge in [0.15, 0.2) is 0 Å². The van der Waals surface area contributed by atoms with Crippen LogP contribution in [0.5, 0.6) is 0 Å². The maximum Gasteiger partial charge on any atom is 0.253 e. The molecule has 106 valence electrons. The van der Waals surface area contributed by atoms with Crippen molar-refractivity contribution >= 4 is 16.6 Å². The molecule has 0 bridgehead atoms. The largest absolute Gasteiger partial charge is 0.380 e. The molecule has 0 fully saturated rings. The summed E-state index contributed by atoms with van der Waals surface area (Å²) in [5.74, 6) is 0. The van der Waals surface area contributed by atoms with Crippen molar-refractivity contribution < 1.29 is 0 Å². The number of hydrogen-bond donors (Lipinski definition) is 2. The van der Waals surface area contributed by atoms with Gasteiger partial charge in [-0.1, -0.05) is 55.5 Å². The van der Waals surface area contributed by atoms with Gasteiger partial charge in [0.2, 0.25) is 0 Å². The first-order valence-electron chi connectivity index (χ1n) is 7.21. The number of H-pyrrole nitrogens is 1. The van der Waals surface area contributed by atoms with E-state index in [0.717, 1.165) is 22.2 Å². The first-order valence-corrected chi connectivity index (χ1v) is 7.21. The Hall–Kier alpha value is -2.55. The van der Waals surface area contributed by atoms with E-state index in [0.29, 0.717) is 13.0 Å². The zero-order valence-electron chi connectivity index (χ0n) is 12.0. The van der Waals surface area contributed by atoms with E-state index in [2.05, 4.69) is 22.4 Å². The number of pyridine rings is 1. The van der Waals surface area contributed by atoms with Crippen LogP contribution in [0.3, 0.4) is 0 Å². The van der Waals surface area contributed by atoms with Gasteiger partial charge in [-0.05, 0) is 18.1 Å². The van der Waals surface area contributed by atoms with Crippen LogP contribution in [0.2, 0.25) is 0 Å². The van der Waals surface area contributed by atoms with Gasteiger partial charge in [0.1, 0.15) is 0 Å². The summed E-state index contributed by atoms with van der Waals surface area (Å²) in [5, 5.41) is 4.50. The number of benzene rings is 2. The van der Waals surface area contributed by atoms with Crippen LogP contribution in [-0.4, -0.2) is 4.98 Å². The molecule has 0 aliphatic carbocycles. The van der Waals surface area contributed by atoms with Gasteiger partial charge in [-0.2, -0.15) is 0 Å². The molecule has 3 nitrogen and oxygen atoms in total. The highest BCUT2D eigenvalue weighted by Crippen LogP contribution is 2.24. The van der Waals surface area contributed by atoms with Crippen LogP contribution in [-0.2, 0) is 13.0 Å². The van der Waals surface area contributed by atoms with E-state index in [4.69, 9.17) is 0 Å². The Balaban J connectivity index is 2.05. The first kappa shape index (κ1) is 13.4. The fourth-order valence-electron chi connectivity index (χ4n) is 2.61. The Bertz CT molecular complexity index is 806. The van der Waals surface area contributed by atoms with E-state index < -0.39 is 0 Å². The molecule has 3 heteroatoms. The average Bonchev–Trinajstić information content (AvgIpc) is 2.53. The van der Waals surface area contributed by atoms with E-state index in [1.54, 1.807) is 0 Å². The van der Waals surface area contributed by atoms with E-state index >= 15 is 0 Å². The molecule has 3 aromatic rings. The minimum absolute atomic E-state index is 0.00763. The number of aromatic amines is 1. The highest BCUT2D eigenvalue weighted by molar-refractivity contribution is 5.92. The monoisotopic (exact) mass is 278 g/mol. The predicted octanol–water partition coefficient (Wildman–Crippen LogP) is 3.70.